The van der Waals surface area contributed by atoms with Gasteiger partial charge in [0, 0.05) is 29.8 Å². The quantitative estimate of drug-likeness (QED) is 0.202. The van der Waals surface area contributed by atoms with Crippen molar-refractivity contribution in [3.05, 3.63) is 95.4 Å². The van der Waals surface area contributed by atoms with Gasteiger partial charge in [0.15, 0.2) is 0 Å². The Hall–Kier alpha value is -3.81. The summed E-state index contributed by atoms with van der Waals surface area (Å²) in [6.45, 7) is 2.32. The van der Waals surface area contributed by atoms with Crippen LogP contribution in [0, 0.1) is 5.82 Å². The number of alkyl halides is 3. The maximum absolute atomic E-state index is 14.3. The van der Waals surface area contributed by atoms with E-state index in [2.05, 4.69) is 0 Å². The molecule has 3 aromatic carbocycles. The molecule has 1 aromatic heterocycles. The normalized spacial score (nSPS) is 11.6. The molecule has 0 radical (unpaired) electrons. The average molecular weight is 485 g/mol. The van der Waals surface area contributed by atoms with Crippen LogP contribution in [-0.2, 0) is 28.7 Å². The van der Waals surface area contributed by atoms with Crippen LogP contribution in [0.2, 0.25) is 0 Å². The Bertz CT molecular complexity index is 1330. The molecule has 4 nitrogen and oxygen atoms in total. The van der Waals surface area contributed by atoms with Crippen molar-refractivity contribution in [2.24, 2.45) is 0 Å². The second kappa shape index (κ2) is 10.2. The van der Waals surface area contributed by atoms with E-state index in [1.165, 1.54) is 6.07 Å². The molecular formula is C27H23F4NO3. The number of esters is 1. The van der Waals surface area contributed by atoms with Gasteiger partial charge >= 0.3 is 12.1 Å². The van der Waals surface area contributed by atoms with E-state index in [9.17, 15) is 22.4 Å². The molecule has 0 aliphatic rings. The van der Waals surface area contributed by atoms with Crippen molar-refractivity contribution in [2.75, 3.05) is 6.61 Å². The van der Waals surface area contributed by atoms with E-state index < -0.39 is 17.6 Å². The van der Waals surface area contributed by atoms with Crippen LogP contribution in [0.4, 0.5) is 17.6 Å². The molecule has 0 aliphatic heterocycles. The maximum atomic E-state index is 14.3. The minimum atomic E-state index is -4.79. The largest absolute Gasteiger partial charge is 0.489 e. The van der Waals surface area contributed by atoms with Gasteiger partial charge < -0.3 is 14.0 Å². The summed E-state index contributed by atoms with van der Waals surface area (Å²) in [6, 6.07) is 17.7. The third-order valence-electron chi connectivity index (χ3n) is 5.55. The van der Waals surface area contributed by atoms with Crippen molar-refractivity contribution >= 4 is 16.9 Å². The number of benzene rings is 3. The number of ether oxygens (including phenoxy) is 2. The van der Waals surface area contributed by atoms with Crippen LogP contribution in [0.3, 0.4) is 0 Å². The lowest BCUT2D eigenvalue weighted by Gasteiger charge is -2.12. The van der Waals surface area contributed by atoms with Gasteiger partial charge in [-0.25, -0.2) is 4.39 Å². The summed E-state index contributed by atoms with van der Waals surface area (Å²) in [7, 11) is 0. The molecule has 0 N–H and O–H groups in total. The van der Waals surface area contributed by atoms with Crippen molar-refractivity contribution < 1.29 is 31.8 Å². The highest BCUT2D eigenvalue weighted by Crippen LogP contribution is 2.34. The monoisotopic (exact) mass is 485 g/mol. The number of rotatable bonds is 8. The first kappa shape index (κ1) is 24.3. The van der Waals surface area contributed by atoms with Crippen molar-refractivity contribution in [2.45, 2.75) is 32.5 Å². The smallest absolute Gasteiger partial charge is 0.419 e. The van der Waals surface area contributed by atoms with Crippen molar-refractivity contribution in [3.8, 4) is 11.4 Å². The maximum Gasteiger partial charge on any atom is 0.419 e. The topological polar surface area (TPSA) is 40.5 Å². The summed E-state index contributed by atoms with van der Waals surface area (Å²) in [6.07, 6.45) is -2.59. The highest BCUT2D eigenvalue weighted by atomic mass is 19.4. The lowest BCUT2D eigenvalue weighted by Crippen LogP contribution is -2.08. The standard InChI is InChI=1S/C27H23F4NO3/c1-2-34-26(33)13-8-19-16-32(20-9-12-23(24(28)14-20)27(29,30)31)25-15-21(10-11-22(19)25)35-17-18-6-4-3-5-7-18/h3-7,9-12,14-16H,2,8,13,17H2,1H3. The zero-order valence-electron chi connectivity index (χ0n) is 18.9. The fourth-order valence-electron chi connectivity index (χ4n) is 3.87. The zero-order chi connectivity index (χ0) is 25.0. The van der Waals surface area contributed by atoms with Gasteiger partial charge in [-0.15, -0.1) is 0 Å². The van der Waals surface area contributed by atoms with Gasteiger partial charge in [-0.05, 0) is 54.8 Å². The molecule has 0 saturated heterocycles. The first-order valence-corrected chi connectivity index (χ1v) is 11.1. The van der Waals surface area contributed by atoms with Gasteiger partial charge in [-0.2, -0.15) is 13.2 Å². The number of carbonyl (C=O) groups is 1. The van der Waals surface area contributed by atoms with Crippen LogP contribution in [0.25, 0.3) is 16.6 Å². The van der Waals surface area contributed by atoms with E-state index in [0.29, 0.717) is 24.3 Å². The first-order chi connectivity index (χ1) is 16.8. The number of aryl methyl sites for hydroxylation is 1. The number of nitrogens with zero attached hydrogens (tertiary/aromatic N) is 1. The molecular weight excluding hydrogens is 462 g/mol. The Morgan fingerprint density at radius 2 is 1.77 bits per heavy atom. The molecule has 4 rings (SSSR count). The van der Waals surface area contributed by atoms with Gasteiger partial charge in [-0.3, -0.25) is 4.79 Å². The minimum Gasteiger partial charge on any atom is -0.489 e. The van der Waals surface area contributed by atoms with Crippen LogP contribution in [-0.4, -0.2) is 17.1 Å². The molecule has 0 bridgehead atoms. The van der Waals surface area contributed by atoms with Crippen LogP contribution < -0.4 is 4.74 Å². The lowest BCUT2D eigenvalue weighted by atomic mass is 10.1. The van der Waals surface area contributed by atoms with E-state index in [1.54, 1.807) is 29.8 Å². The minimum absolute atomic E-state index is 0.139. The number of halogens is 4. The second-order valence-electron chi connectivity index (χ2n) is 7.94. The number of aromatic nitrogens is 1. The number of carbonyl (C=O) groups excluding carboxylic acids is 1. The Labute approximate surface area is 199 Å². The van der Waals surface area contributed by atoms with E-state index in [1.807, 2.05) is 36.4 Å². The second-order valence-corrected chi connectivity index (χ2v) is 7.94. The average Bonchev–Trinajstić information content (AvgIpc) is 3.19. The highest BCUT2D eigenvalue weighted by molar-refractivity contribution is 5.87. The fourth-order valence-corrected chi connectivity index (χ4v) is 3.87. The summed E-state index contributed by atoms with van der Waals surface area (Å²) in [5, 5.41) is 0.779. The van der Waals surface area contributed by atoms with Crippen LogP contribution in [0.15, 0.2) is 72.9 Å². The fraction of sp³-hybridized carbons (Fsp3) is 0.222. The first-order valence-electron chi connectivity index (χ1n) is 11.1. The van der Waals surface area contributed by atoms with Gasteiger partial charge in [0.25, 0.3) is 0 Å². The van der Waals surface area contributed by atoms with Gasteiger partial charge in [0.2, 0.25) is 0 Å². The molecule has 35 heavy (non-hydrogen) atoms. The van der Waals surface area contributed by atoms with Gasteiger partial charge in [0.05, 0.1) is 17.7 Å². The highest BCUT2D eigenvalue weighted by Gasteiger charge is 2.34. The van der Waals surface area contributed by atoms with Crippen LogP contribution in [0.1, 0.15) is 30.0 Å². The molecule has 0 atom stereocenters. The zero-order valence-corrected chi connectivity index (χ0v) is 18.9. The van der Waals surface area contributed by atoms with E-state index in [4.69, 9.17) is 9.47 Å². The SMILES string of the molecule is CCOC(=O)CCc1cn(-c2ccc(C(F)(F)F)c(F)c2)c2cc(OCc3ccccc3)ccc12. The Kier molecular flexibility index (Phi) is 7.10. The van der Waals surface area contributed by atoms with E-state index in [0.717, 1.165) is 28.6 Å². The molecule has 1 heterocycles. The Morgan fingerprint density at radius 3 is 2.46 bits per heavy atom. The van der Waals surface area contributed by atoms with Crippen LogP contribution >= 0.6 is 0 Å². The van der Waals surface area contributed by atoms with E-state index >= 15 is 0 Å². The molecule has 0 aliphatic carbocycles. The molecule has 0 unspecified atom stereocenters. The Balaban J connectivity index is 1.72. The van der Waals surface area contributed by atoms with Crippen molar-refractivity contribution in [3.63, 3.8) is 0 Å². The lowest BCUT2D eigenvalue weighted by molar-refractivity contribution is -0.143. The number of hydrogen-bond donors (Lipinski definition) is 0. The van der Waals surface area contributed by atoms with Gasteiger partial charge in [-0.1, -0.05) is 30.3 Å². The molecule has 4 aromatic rings. The Morgan fingerprint density at radius 1 is 1.00 bits per heavy atom. The van der Waals surface area contributed by atoms with Crippen molar-refractivity contribution in [1.82, 2.24) is 4.57 Å². The number of fused-ring (bicyclic) bond motifs is 1. The molecule has 182 valence electrons. The third-order valence-corrected chi connectivity index (χ3v) is 5.55. The summed E-state index contributed by atoms with van der Waals surface area (Å²) < 4.78 is 66.0. The molecule has 8 heteroatoms. The summed E-state index contributed by atoms with van der Waals surface area (Å²) in [5.74, 6) is -1.16. The number of hydrogen-bond acceptors (Lipinski definition) is 3. The van der Waals surface area contributed by atoms with Gasteiger partial charge in [0.1, 0.15) is 18.2 Å². The molecule has 0 saturated carbocycles. The third kappa shape index (κ3) is 5.65. The molecule has 0 spiro atoms. The van der Waals surface area contributed by atoms with Crippen LogP contribution in [0.5, 0.6) is 5.75 Å². The summed E-state index contributed by atoms with van der Waals surface area (Å²) in [5.41, 5.74) is 1.27. The predicted octanol–water partition coefficient (Wildman–Crippen LogP) is 6.86. The summed E-state index contributed by atoms with van der Waals surface area (Å²) in [4.78, 5) is 11.9. The summed E-state index contributed by atoms with van der Waals surface area (Å²) >= 11 is 0. The predicted molar refractivity (Wildman–Crippen MR) is 124 cm³/mol. The molecule has 0 fully saturated rings. The molecule has 0 amide bonds. The van der Waals surface area contributed by atoms with Crippen molar-refractivity contribution in [1.29, 1.82) is 0 Å². The van der Waals surface area contributed by atoms with E-state index in [-0.39, 0.29) is 24.7 Å².